The molecule has 0 radical (unpaired) electrons. The first-order valence-electron chi connectivity index (χ1n) is 9.25. The van der Waals surface area contributed by atoms with Gasteiger partial charge in [-0.05, 0) is 12.1 Å². The van der Waals surface area contributed by atoms with Crippen molar-refractivity contribution < 1.29 is 23.9 Å². The average Bonchev–Trinajstić information content (AvgIpc) is 3.08. The van der Waals surface area contributed by atoms with Crippen LogP contribution in [0.1, 0.15) is 23.2 Å². The van der Waals surface area contributed by atoms with Crippen LogP contribution >= 0.6 is 0 Å². The quantitative estimate of drug-likeness (QED) is 0.512. The molecule has 0 spiro atoms. The highest BCUT2D eigenvalue weighted by molar-refractivity contribution is 6.15. The van der Waals surface area contributed by atoms with Gasteiger partial charge in [-0.15, -0.1) is 13.2 Å². The van der Waals surface area contributed by atoms with Gasteiger partial charge in [-0.2, -0.15) is 0 Å². The van der Waals surface area contributed by atoms with Crippen LogP contribution in [0.4, 0.5) is 5.69 Å². The van der Waals surface area contributed by atoms with E-state index in [2.05, 4.69) is 13.2 Å². The maximum atomic E-state index is 13.1. The fourth-order valence-electron chi connectivity index (χ4n) is 3.81. The lowest BCUT2D eigenvalue weighted by atomic mass is 9.97. The summed E-state index contributed by atoms with van der Waals surface area (Å²) in [5, 5.41) is 0. The molecule has 8 nitrogen and oxygen atoms in total. The van der Waals surface area contributed by atoms with Crippen molar-refractivity contribution in [3.8, 4) is 0 Å². The van der Waals surface area contributed by atoms with Crippen molar-refractivity contribution in [2.45, 2.75) is 18.5 Å². The van der Waals surface area contributed by atoms with Crippen molar-refractivity contribution in [2.75, 3.05) is 31.6 Å². The Morgan fingerprint density at radius 3 is 2.52 bits per heavy atom. The number of carbonyl (C=O) groups excluding carboxylic acids is 4. The highest BCUT2D eigenvalue weighted by Gasteiger charge is 2.60. The van der Waals surface area contributed by atoms with Crippen LogP contribution in [0.2, 0.25) is 0 Å². The van der Waals surface area contributed by atoms with Crippen molar-refractivity contribution in [3.63, 3.8) is 0 Å². The molecule has 1 aromatic rings. The highest BCUT2D eigenvalue weighted by atomic mass is 16.5. The normalized spacial score (nSPS) is 20.0. The molecule has 0 N–H and O–H groups in total. The lowest BCUT2D eigenvalue weighted by Crippen LogP contribution is -2.67. The molecule has 0 aliphatic carbocycles. The number of rotatable bonds is 7. The molecule has 0 unspecified atom stereocenters. The van der Waals surface area contributed by atoms with E-state index in [-0.39, 0.29) is 37.7 Å². The minimum atomic E-state index is -1.59. The molecule has 1 fully saturated rings. The smallest absolute Gasteiger partial charge is 0.354 e. The first kappa shape index (κ1) is 20.3. The Bertz CT molecular complexity index is 886. The number of anilines is 1. The van der Waals surface area contributed by atoms with Crippen LogP contribution in [0, 0.1) is 0 Å². The second-order valence-electron chi connectivity index (χ2n) is 6.88. The number of amides is 3. The van der Waals surface area contributed by atoms with E-state index >= 15 is 0 Å². The van der Waals surface area contributed by atoms with E-state index in [1.54, 1.807) is 36.4 Å². The summed E-state index contributed by atoms with van der Waals surface area (Å²) in [7, 11) is 1.47. The van der Waals surface area contributed by atoms with Gasteiger partial charge in [0.05, 0.1) is 11.3 Å². The van der Waals surface area contributed by atoms with Crippen LogP contribution in [-0.4, -0.2) is 65.9 Å². The van der Waals surface area contributed by atoms with E-state index < -0.39 is 24.1 Å². The van der Waals surface area contributed by atoms with Gasteiger partial charge < -0.3 is 14.5 Å². The van der Waals surface area contributed by atoms with Gasteiger partial charge in [-0.1, -0.05) is 24.3 Å². The maximum absolute atomic E-state index is 13.1. The average molecular weight is 397 g/mol. The second-order valence-corrected chi connectivity index (χ2v) is 6.88. The molecule has 0 aromatic heterocycles. The molecular formula is C21H23N3O5. The molecule has 0 bridgehead atoms. The summed E-state index contributed by atoms with van der Waals surface area (Å²) in [5.41, 5.74) is -0.876. The summed E-state index contributed by atoms with van der Waals surface area (Å²) in [4.78, 5) is 55.0. The molecule has 3 rings (SSSR count). The summed E-state index contributed by atoms with van der Waals surface area (Å²) in [6, 6.07) is 6.64. The molecule has 0 saturated carbocycles. The highest BCUT2D eigenvalue weighted by Crippen LogP contribution is 2.44. The van der Waals surface area contributed by atoms with Gasteiger partial charge in [0.25, 0.3) is 11.8 Å². The molecule has 2 heterocycles. The van der Waals surface area contributed by atoms with Crippen LogP contribution in [0.25, 0.3) is 0 Å². The Labute approximate surface area is 169 Å². The van der Waals surface area contributed by atoms with Crippen molar-refractivity contribution in [2.24, 2.45) is 0 Å². The lowest BCUT2D eigenvalue weighted by molar-refractivity contribution is -0.161. The van der Waals surface area contributed by atoms with Gasteiger partial charge >= 0.3 is 5.97 Å². The van der Waals surface area contributed by atoms with Gasteiger partial charge in [0, 0.05) is 33.0 Å². The predicted molar refractivity (Wildman–Crippen MR) is 106 cm³/mol. The number of hydrogen-bond donors (Lipinski definition) is 0. The topological polar surface area (TPSA) is 87.2 Å². The fraction of sp³-hybridized carbons (Fsp3) is 0.333. The molecule has 29 heavy (non-hydrogen) atoms. The molecule has 2 aliphatic heterocycles. The first-order chi connectivity index (χ1) is 13.9. The number of nitrogens with zero attached hydrogens (tertiary/aromatic N) is 3. The van der Waals surface area contributed by atoms with Gasteiger partial charge in [-0.3, -0.25) is 19.3 Å². The van der Waals surface area contributed by atoms with Crippen molar-refractivity contribution in [1.29, 1.82) is 0 Å². The number of ether oxygens (including phenoxy) is 1. The summed E-state index contributed by atoms with van der Waals surface area (Å²) in [6.07, 6.45) is 3.31. The van der Waals surface area contributed by atoms with E-state index in [9.17, 15) is 19.2 Å². The molecular weight excluding hydrogens is 374 g/mol. The van der Waals surface area contributed by atoms with E-state index in [0.717, 1.165) is 0 Å². The van der Waals surface area contributed by atoms with Crippen LogP contribution in [0.5, 0.6) is 0 Å². The molecule has 2 aliphatic rings. The number of para-hydroxylation sites is 1. The zero-order valence-corrected chi connectivity index (χ0v) is 16.3. The van der Waals surface area contributed by atoms with Crippen LogP contribution in [0.3, 0.4) is 0 Å². The largest absolute Gasteiger partial charge is 0.452 e. The number of fused-ring (bicyclic) bond motifs is 3. The Morgan fingerprint density at radius 1 is 1.21 bits per heavy atom. The van der Waals surface area contributed by atoms with Crippen molar-refractivity contribution in [3.05, 3.63) is 55.1 Å². The summed E-state index contributed by atoms with van der Waals surface area (Å²) in [6.45, 7) is 7.26. The van der Waals surface area contributed by atoms with E-state index in [0.29, 0.717) is 11.3 Å². The third-order valence-corrected chi connectivity index (χ3v) is 5.25. The second kappa shape index (κ2) is 7.90. The Hall–Kier alpha value is -3.42. The molecule has 1 saturated heterocycles. The van der Waals surface area contributed by atoms with Crippen molar-refractivity contribution >= 4 is 29.4 Å². The Kier molecular flexibility index (Phi) is 5.54. The van der Waals surface area contributed by atoms with Gasteiger partial charge in [0.2, 0.25) is 11.6 Å². The summed E-state index contributed by atoms with van der Waals surface area (Å²) < 4.78 is 5.32. The van der Waals surface area contributed by atoms with E-state index in [4.69, 9.17) is 4.74 Å². The van der Waals surface area contributed by atoms with Crippen LogP contribution in [-0.2, 0) is 19.1 Å². The Morgan fingerprint density at radius 2 is 1.86 bits per heavy atom. The van der Waals surface area contributed by atoms with Crippen LogP contribution in [0.15, 0.2) is 49.6 Å². The number of esters is 1. The maximum Gasteiger partial charge on any atom is 0.354 e. The summed E-state index contributed by atoms with van der Waals surface area (Å²) >= 11 is 0. The SMILES string of the molecule is C=CCN(CC=C)C(=O)COC(=O)[C@]12CCC(=O)N1c1ccccc1C(=O)N2C. The molecule has 1 atom stereocenters. The Balaban J connectivity index is 1.88. The molecule has 8 heteroatoms. The third kappa shape index (κ3) is 3.20. The fourth-order valence-corrected chi connectivity index (χ4v) is 3.81. The lowest BCUT2D eigenvalue weighted by Gasteiger charge is -2.46. The number of benzene rings is 1. The zero-order chi connectivity index (χ0) is 21.2. The molecule has 152 valence electrons. The standard InChI is InChI=1S/C21H23N3O5/c1-4-12-23(13-5-2)18(26)14-29-20(28)21-11-10-17(25)24(21)16-9-7-6-8-15(16)19(27)22(21)3/h4-9H,1-2,10-14H2,3H3/t21-/m0/s1. The number of carbonyl (C=O) groups is 4. The molecule has 1 aromatic carbocycles. The zero-order valence-electron chi connectivity index (χ0n) is 16.3. The first-order valence-corrected chi connectivity index (χ1v) is 9.25. The van der Waals surface area contributed by atoms with Gasteiger partial charge in [0.1, 0.15) is 0 Å². The van der Waals surface area contributed by atoms with Gasteiger partial charge in [0.15, 0.2) is 6.61 Å². The van der Waals surface area contributed by atoms with E-state index in [1.165, 1.54) is 21.7 Å². The molecule has 3 amide bonds. The minimum absolute atomic E-state index is 0.0913. The van der Waals surface area contributed by atoms with E-state index in [1.807, 2.05) is 0 Å². The van der Waals surface area contributed by atoms with Crippen molar-refractivity contribution in [1.82, 2.24) is 9.80 Å². The van der Waals surface area contributed by atoms with Gasteiger partial charge in [-0.25, -0.2) is 4.79 Å². The summed E-state index contributed by atoms with van der Waals surface area (Å²) in [5.74, 6) is -1.88. The third-order valence-electron chi connectivity index (χ3n) is 5.25. The van der Waals surface area contributed by atoms with Crippen LogP contribution < -0.4 is 4.90 Å². The number of likely N-dealkylation sites (N-methyl/N-ethyl adjacent to an activating group) is 1. The monoisotopic (exact) mass is 397 g/mol. The predicted octanol–water partition coefficient (Wildman–Crippen LogP) is 1.34. The number of hydrogen-bond acceptors (Lipinski definition) is 5. The minimum Gasteiger partial charge on any atom is -0.452 e.